The molecule has 1 aliphatic rings. The van der Waals surface area contributed by atoms with Gasteiger partial charge in [0.2, 0.25) is 11.8 Å². The first-order valence-electron chi connectivity index (χ1n) is 13.1. The van der Waals surface area contributed by atoms with Gasteiger partial charge < -0.3 is 15.0 Å². The highest BCUT2D eigenvalue weighted by Gasteiger charge is 2.26. The van der Waals surface area contributed by atoms with E-state index in [-0.39, 0.29) is 11.8 Å². The highest BCUT2D eigenvalue weighted by molar-refractivity contribution is 5.79. The van der Waals surface area contributed by atoms with Gasteiger partial charge in [0.1, 0.15) is 6.61 Å². The number of aromatic nitrogens is 6. The molecule has 1 saturated heterocycles. The number of amides is 1. The van der Waals surface area contributed by atoms with Crippen LogP contribution in [0.25, 0.3) is 28.3 Å². The molecule has 1 fully saturated rings. The number of rotatable bonds is 8. The smallest absolute Gasteiger partial charge is 0.231 e. The van der Waals surface area contributed by atoms with Crippen LogP contribution < -0.4 is 15.0 Å². The Morgan fingerprint density at radius 3 is 2.44 bits per heavy atom. The second-order valence-corrected chi connectivity index (χ2v) is 9.40. The lowest BCUT2D eigenvalue weighted by Crippen LogP contribution is -2.44. The molecule has 10 heteroatoms. The van der Waals surface area contributed by atoms with Crippen molar-refractivity contribution >= 4 is 17.4 Å². The second-order valence-electron chi connectivity index (χ2n) is 9.40. The molecule has 5 aromatic rings. The van der Waals surface area contributed by atoms with Gasteiger partial charge in [-0.3, -0.25) is 4.79 Å². The van der Waals surface area contributed by atoms with Crippen molar-refractivity contribution in [2.45, 2.75) is 12.8 Å². The van der Waals surface area contributed by atoms with Crippen LogP contribution in [0.4, 0.5) is 5.82 Å². The van der Waals surface area contributed by atoms with E-state index in [1.54, 1.807) is 10.6 Å². The SMILES string of the molecule is O=C(NCCOc1ccc2nnc(-c3ccccc3)n2n1)C1CCCN(c2ccc(-c3ccccc3)nn2)C1. The highest BCUT2D eigenvalue weighted by atomic mass is 16.5. The third-order valence-corrected chi connectivity index (χ3v) is 6.76. The molecule has 1 unspecified atom stereocenters. The van der Waals surface area contributed by atoms with Crippen LogP contribution in [-0.4, -0.2) is 62.2 Å². The molecule has 1 amide bonds. The Morgan fingerprint density at radius 1 is 0.872 bits per heavy atom. The minimum absolute atomic E-state index is 0.0192. The van der Waals surface area contributed by atoms with Crippen LogP contribution >= 0.6 is 0 Å². The minimum atomic E-state index is -0.116. The van der Waals surface area contributed by atoms with Crippen molar-refractivity contribution < 1.29 is 9.53 Å². The number of ether oxygens (including phenoxy) is 1. The zero-order chi connectivity index (χ0) is 26.4. The summed E-state index contributed by atoms with van der Waals surface area (Å²) in [6.07, 6.45) is 1.76. The maximum atomic E-state index is 12.9. The molecule has 6 rings (SSSR count). The first kappa shape index (κ1) is 24.5. The normalized spacial score (nSPS) is 15.3. The summed E-state index contributed by atoms with van der Waals surface area (Å²) in [5, 5.41) is 24.8. The van der Waals surface area contributed by atoms with Crippen molar-refractivity contribution in [3.63, 3.8) is 0 Å². The molecule has 10 nitrogen and oxygen atoms in total. The van der Waals surface area contributed by atoms with Crippen molar-refractivity contribution in [2.24, 2.45) is 5.92 Å². The average molecular weight is 521 g/mol. The van der Waals surface area contributed by atoms with E-state index in [1.807, 2.05) is 78.9 Å². The maximum Gasteiger partial charge on any atom is 0.231 e. The molecule has 196 valence electrons. The minimum Gasteiger partial charge on any atom is -0.475 e. The summed E-state index contributed by atoms with van der Waals surface area (Å²) in [7, 11) is 0. The van der Waals surface area contributed by atoms with E-state index >= 15 is 0 Å². The third-order valence-electron chi connectivity index (χ3n) is 6.76. The molecule has 1 atom stereocenters. The Morgan fingerprint density at radius 2 is 1.67 bits per heavy atom. The monoisotopic (exact) mass is 520 g/mol. The van der Waals surface area contributed by atoms with Crippen LogP contribution in [0.3, 0.4) is 0 Å². The van der Waals surface area contributed by atoms with Crippen molar-refractivity contribution in [3.05, 3.63) is 84.9 Å². The Balaban J connectivity index is 1.01. The summed E-state index contributed by atoms with van der Waals surface area (Å²) in [6, 6.07) is 27.3. The van der Waals surface area contributed by atoms with Crippen molar-refractivity contribution in [1.82, 2.24) is 35.3 Å². The number of carbonyl (C=O) groups is 1. The Labute approximate surface area is 225 Å². The van der Waals surface area contributed by atoms with Gasteiger partial charge in [-0.2, -0.15) is 4.52 Å². The lowest BCUT2D eigenvalue weighted by atomic mass is 9.97. The quantitative estimate of drug-likeness (QED) is 0.309. The Bertz CT molecular complexity index is 1540. The van der Waals surface area contributed by atoms with E-state index in [2.05, 4.69) is 35.7 Å². The number of fused-ring (bicyclic) bond motifs is 1. The fourth-order valence-electron chi connectivity index (χ4n) is 4.75. The number of hydrogen-bond acceptors (Lipinski definition) is 8. The van der Waals surface area contributed by atoms with Crippen LogP contribution in [-0.2, 0) is 4.79 Å². The molecular weight excluding hydrogens is 492 g/mol. The van der Waals surface area contributed by atoms with Gasteiger partial charge in [0.25, 0.3) is 0 Å². The molecule has 39 heavy (non-hydrogen) atoms. The first-order chi connectivity index (χ1) is 19.2. The van der Waals surface area contributed by atoms with Crippen LogP contribution in [0.1, 0.15) is 12.8 Å². The number of benzene rings is 2. The van der Waals surface area contributed by atoms with Gasteiger partial charge in [0.05, 0.1) is 18.2 Å². The van der Waals surface area contributed by atoms with E-state index in [4.69, 9.17) is 4.74 Å². The highest BCUT2D eigenvalue weighted by Crippen LogP contribution is 2.23. The van der Waals surface area contributed by atoms with Gasteiger partial charge in [-0.15, -0.1) is 25.5 Å². The summed E-state index contributed by atoms with van der Waals surface area (Å²) < 4.78 is 7.48. The Hall–Kier alpha value is -4.86. The maximum absolute atomic E-state index is 12.9. The fourth-order valence-corrected chi connectivity index (χ4v) is 4.75. The number of carbonyl (C=O) groups excluding carboxylic acids is 1. The van der Waals surface area contributed by atoms with E-state index in [9.17, 15) is 4.79 Å². The van der Waals surface area contributed by atoms with Gasteiger partial charge in [-0.05, 0) is 31.0 Å². The summed E-state index contributed by atoms with van der Waals surface area (Å²) in [6.45, 7) is 2.15. The summed E-state index contributed by atoms with van der Waals surface area (Å²) >= 11 is 0. The van der Waals surface area contributed by atoms with Crippen LogP contribution in [0.2, 0.25) is 0 Å². The summed E-state index contributed by atoms with van der Waals surface area (Å²) in [4.78, 5) is 15.0. The molecule has 0 spiro atoms. The van der Waals surface area contributed by atoms with Gasteiger partial charge >= 0.3 is 0 Å². The first-order valence-corrected chi connectivity index (χ1v) is 13.1. The van der Waals surface area contributed by atoms with Crippen LogP contribution in [0.5, 0.6) is 5.88 Å². The largest absolute Gasteiger partial charge is 0.475 e. The van der Waals surface area contributed by atoms with E-state index in [0.29, 0.717) is 37.0 Å². The molecule has 0 bridgehead atoms. The summed E-state index contributed by atoms with van der Waals surface area (Å²) in [5.74, 6) is 1.78. The van der Waals surface area contributed by atoms with E-state index in [0.717, 1.165) is 42.0 Å². The molecular formula is C29H28N8O2. The molecule has 1 N–H and O–H groups in total. The van der Waals surface area contributed by atoms with Crippen molar-refractivity contribution in [1.29, 1.82) is 0 Å². The van der Waals surface area contributed by atoms with E-state index < -0.39 is 0 Å². The number of nitrogens with one attached hydrogen (secondary N) is 1. The predicted molar refractivity (Wildman–Crippen MR) is 147 cm³/mol. The molecule has 0 radical (unpaired) electrons. The molecule has 2 aromatic carbocycles. The predicted octanol–water partition coefficient (Wildman–Crippen LogP) is 3.66. The number of hydrogen-bond donors (Lipinski definition) is 1. The van der Waals surface area contributed by atoms with Gasteiger partial charge in [-0.25, -0.2) is 0 Å². The van der Waals surface area contributed by atoms with Crippen molar-refractivity contribution in [3.8, 4) is 28.5 Å². The van der Waals surface area contributed by atoms with Gasteiger partial charge in [0.15, 0.2) is 17.3 Å². The fraction of sp³-hybridized carbons (Fsp3) is 0.241. The standard InChI is InChI=1S/C29H28N8O2/c38-29(23-12-7-18-36(20-23)25-14-13-24(31-32-25)21-8-3-1-4-9-21)30-17-19-39-27-16-15-26-33-34-28(37(26)35-27)22-10-5-2-6-11-22/h1-6,8-11,13-16,23H,7,12,17-20H2,(H,30,38). The molecule has 0 aliphatic carbocycles. The Kier molecular flexibility index (Phi) is 7.07. The number of piperidine rings is 1. The number of nitrogens with zero attached hydrogens (tertiary/aromatic N) is 7. The molecule has 0 saturated carbocycles. The van der Waals surface area contributed by atoms with Gasteiger partial charge in [0, 0.05) is 30.3 Å². The topological polar surface area (TPSA) is 110 Å². The zero-order valence-corrected chi connectivity index (χ0v) is 21.3. The lowest BCUT2D eigenvalue weighted by Gasteiger charge is -2.32. The van der Waals surface area contributed by atoms with Crippen molar-refractivity contribution in [2.75, 3.05) is 31.1 Å². The van der Waals surface area contributed by atoms with Crippen LogP contribution in [0, 0.1) is 5.92 Å². The molecule has 1 aliphatic heterocycles. The van der Waals surface area contributed by atoms with E-state index in [1.165, 1.54) is 0 Å². The van der Waals surface area contributed by atoms with Gasteiger partial charge in [-0.1, -0.05) is 60.7 Å². The zero-order valence-electron chi connectivity index (χ0n) is 21.3. The number of anilines is 1. The average Bonchev–Trinajstić information content (AvgIpc) is 3.44. The van der Waals surface area contributed by atoms with Crippen LogP contribution in [0.15, 0.2) is 84.9 Å². The second kappa shape index (κ2) is 11.3. The lowest BCUT2D eigenvalue weighted by molar-refractivity contribution is -0.125. The molecule has 3 aromatic heterocycles. The third kappa shape index (κ3) is 5.54. The summed E-state index contributed by atoms with van der Waals surface area (Å²) in [5.41, 5.74) is 3.42. The molecule has 4 heterocycles.